The van der Waals surface area contributed by atoms with Crippen LogP contribution in [0.3, 0.4) is 0 Å². The lowest BCUT2D eigenvalue weighted by atomic mass is 10.0. The quantitative estimate of drug-likeness (QED) is 0.900. The van der Waals surface area contributed by atoms with Crippen molar-refractivity contribution >= 4 is 22.6 Å². The van der Waals surface area contributed by atoms with Crippen LogP contribution in [0.25, 0.3) is 0 Å². The molecule has 1 aromatic carbocycles. The molecule has 1 aliphatic rings. The van der Waals surface area contributed by atoms with Gasteiger partial charge >= 0.3 is 0 Å². The molecule has 19 heavy (non-hydrogen) atoms. The molecule has 0 aliphatic carbocycles. The standard InChI is InChI=1S/C14H17N3OS/c1-14(2)6-7-19-13(17-14)16-11-5-4-10(9-15)8-12(11)18-3/h4-5,8H,6-7H2,1-3H3,(H,16,17). The molecular weight excluding hydrogens is 258 g/mol. The second kappa shape index (κ2) is 5.54. The second-order valence-electron chi connectivity index (χ2n) is 4.98. The number of nitriles is 1. The van der Waals surface area contributed by atoms with Gasteiger partial charge in [0.1, 0.15) is 5.75 Å². The molecule has 2 rings (SSSR count). The first-order chi connectivity index (χ1) is 9.04. The van der Waals surface area contributed by atoms with Gasteiger partial charge in [0.2, 0.25) is 0 Å². The minimum atomic E-state index is -0.0204. The zero-order valence-corrected chi connectivity index (χ0v) is 12.2. The second-order valence-corrected chi connectivity index (χ2v) is 6.06. The van der Waals surface area contributed by atoms with Crippen LogP contribution in [0.2, 0.25) is 0 Å². The van der Waals surface area contributed by atoms with Crippen LogP contribution in [0, 0.1) is 11.3 Å². The van der Waals surface area contributed by atoms with E-state index in [9.17, 15) is 0 Å². The lowest BCUT2D eigenvalue weighted by Gasteiger charge is -2.26. The van der Waals surface area contributed by atoms with Crippen molar-refractivity contribution in [3.8, 4) is 11.8 Å². The predicted molar refractivity (Wildman–Crippen MR) is 79.9 cm³/mol. The van der Waals surface area contributed by atoms with E-state index in [4.69, 9.17) is 10.00 Å². The van der Waals surface area contributed by atoms with Gasteiger partial charge in [-0.05, 0) is 32.4 Å². The fourth-order valence-electron chi connectivity index (χ4n) is 1.80. The molecule has 1 aliphatic heterocycles. The van der Waals surface area contributed by atoms with Crippen LogP contribution in [0.4, 0.5) is 5.69 Å². The summed E-state index contributed by atoms with van der Waals surface area (Å²) in [6.07, 6.45) is 1.08. The minimum Gasteiger partial charge on any atom is -0.495 e. The number of nitrogens with one attached hydrogen (secondary N) is 1. The topological polar surface area (TPSA) is 57.4 Å². The van der Waals surface area contributed by atoms with Gasteiger partial charge in [-0.1, -0.05) is 11.8 Å². The van der Waals surface area contributed by atoms with Gasteiger partial charge < -0.3 is 10.1 Å². The predicted octanol–water partition coefficient (Wildman–Crippen LogP) is 3.25. The van der Waals surface area contributed by atoms with E-state index in [1.807, 2.05) is 6.07 Å². The van der Waals surface area contributed by atoms with E-state index < -0.39 is 0 Å². The molecular formula is C14H17N3OS. The van der Waals surface area contributed by atoms with Gasteiger partial charge in [-0.15, -0.1) is 0 Å². The fourth-order valence-corrected chi connectivity index (χ4v) is 3.09. The van der Waals surface area contributed by atoms with Crippen LogP contribution in [0.1, 0.15) is 25.8 Å². The van der Waals surface area contributed by atoms with Crippen molar-refractivity contribution in [3.63, 3.8) is 0 Å². The van der Waals surface area contributed by atoms with Gasteiger partial charge in [0.25, 0.3) is 0 Å². The molecule has 0 saturated heterocycles. The smallest absolute Gasteiger partial charge is 0.161 e. The molecule has 4 nitrogen and oxygen atoms in total. The van der Waals surface area contributed by atoms with Crippen molar-refractivity contribution in [3.05, 3.63) is 23.8 Å². The number of thioether (sulfide) groups is 1. The largest absolute Gasteiger partial charge is 0.495 e. The summed E-state index contributed by atoms with van der Waals surface area (Å²) >= 11 is 1.71. The van der Waals surface area contributed by atoms with Gasteiger partial charge in [0.15, 0.2) is 5.17 Å². The Morgan fingerprint density at radius 1 is 1.47 bits per heavy atom. The summed E-state index contributed by atoms with van der Waals surface area (Å²) < 4.78 is 5.30. The van der Waals surface area contributed by atoms with Crippen molar-refractivity contribution in [2.75, 3.05) is 18.2 Å². The van der Waals surface area contributed by atoms with Crippen molar-refractivity contribution in [1.29, 1.82) is 5.26 Å². The number of ether oxygens (including phenoxy) is 1. The van der Waals surface area contributed by atoms with Crippen LogP contribution in [-0.4, -0.2) is 23.6 Å². The number of anilines is 1. The van der Waals surface area contributed by atoms with Gasteiger partial charge in [0.05, 0.1) is 30.0 Å². The van der Waals surface area contributed by atoms with Gasteiger partial charge in [0, 0.05) is 11.8 Å². The van der Waals surface area contributed by atoms with Crippen LogP contribution >= 0.6 is 11.8 Å². The Bertz CT molecular complexity index is 546. The highest BCUT2D eigenvalue weighted by molar-refractivity contribution is 8.14. The molecule has 0 aromatic heterocycles. The molecule has 1 aromatic rings. The highest BCUT2D eigenvalue weighted by Gasteiger charge is 2.23. The average Bonchev–Trinajstić information content (AvgIpc) is 2.38. The van der Waals surface area contributed by atoms with E-state index in [-0.39, 0.29) is 5.54 Å². The molecule has 1 N–H and O–H groups in total. The molecule has 0 radical (unpaired) electrons. The summed E-state index contributed by atoms with van der Waals surface area (Å²) in [5, 5.41) is 13.1. The normalized spacial score (nSPS) is 17.3. The van der Waals surface area contributed by atoms with Crippen LogP contribution < -0.4 is 10.1 Å². The molecule has 0 atom stereocenters. The first-order valence-corrected chi connectivity index (χ1v) is 7.10. The Morgan fingerprint density at radius 2 is 2.26 bits per heavy atom. The van der Waals surface area contributed by atoms with Gasteiger partial charge in [-0.25, -0.2) is 0 Å². The zero-order chi connectivity index (χ0) is 13.9. The highest BCUT2D eigenvalue weighted by Crippen LogP contribution is 2.30. The number of methoxy groups -OCH3 is 1. The van der Waals surface area contributed by atoms with Crippen LogP contribution in [0.15, 0.2) is 23.2 Å². The number of rotatable bonds is 2. The Kier molecular flexibility index (Phi) is 4.01. The molecule has 5 heteroatoms. The third-order valence-corrected chi connectivity index (χ3v) is 3.80. The van der Waals surface area contributed by atoms with E-state index in [1.54, 1.807) is 31.0 Å². The third kappa shape index (κ3) is 3.42. The molecule has 0 bridgehead atoms. The Balaban J connectivity index is 2.24. The Labute approximate surface area is 117 Å². The van der Waals surface area contributed by atoms with Crippen molar-refractivity contribution < 1.29 is 4.74 Å². The first-order valence-electron chi connectivity index (χ1n) is 6.12. The molecule has 100 valence electrons. The molecule has 0 amide bonds. The fraction of sp³-hybridized carbons (Fsp3) is 0.429. The van der Waals surface area contributed by atoms with Crippen molar-refractivity contribution in [2.24, 2.45) is 4.99 Å². The van der Waals surface area contributed by atoms with Gasteiger partial charge in [-0.3, -0.25) is 4.99 Å². The lowest BCUT2D eigenvalue weighted by Crippen LogP contribution is -2.27. The number of benzene rings is 1. The molecule has 0 unspecified atom stereocenters. The minimum absolute atomic E-state index is 0.0204. The van der Waals surface area contributed by atoms with E-state index in [0.29, 0.717) is 11.3 Å². The third-order valence-electron chi connectivity index (χ3n) is 2.93. The number of nitrogens with zero attached hydrogens (tertiary/aromatic N) is 2. The molecule has 0 spiro atoms. The maximum Gasteiger partial charge on any atom is 0.161 e. The highest BCUT2D eigenvalue weighted by atomic mass is 32.2. The molecule has 0 fully saturated rings. The maximum atomic E-state index is 8.88. The van der Waals surface area contributed by atoms with E-state index in [2.05, 4.69) is 30.2 Å². The summed E-state index contributed by atoms with van der Waals surface area (Å²) in [5.41, 5.74) is 1.40. The number of hydrogen-bond donors (Lipinski definition) is 1. The van der Waals surface area contributed by atoms with E-state index in [0.717, 1.165) is 23.0 Å². The van der Waals surface area contributed by atoms with Crippen LogP contribution in [0.5, 0.6) is 5.75 Å². The first kappa shape index (κ1) is 13.8. The van der Waals surface area contributed by atoms with E-state index >= 15 is 0 Å². The number of amidine groups is 1. The molecule has 1 heterocycles. The SMILES string of the molecule is COc1cc(C#N)ccc1NC1=NC(C)(C)CCS1. The zero-order valence-electron chi connectivity index (χ0n) is 11.4. The maximum absolute atomic E-state index is 8.88. The average molecular weight is 275 g/mol. The monoisotopic (exact) mass is 275 g/mol. The molecule has 0 saturated carbocycles. The summed E-state index contributed by atoms with van der Waals surface area (Å²) in [7, 11) is 1.60. The summed E-state index contributed by atoms with van der Waals surface area (Å²) in [6, 6.07) is 7.44. The van der Waals surface area contributed by atoms with Gasteiger partial charge in [-0.2, -0.15) is 5.26 Å². The summed E-state index contributed by atoms with van der Waals surface area (Å²) in [6.45, 7) is 4.26. The lowest BCUT2D eigenvalue weighted by molar-refractivity contribution is 0.416. The summed E-state index contributed by atoms with van der Waals surface area (Å²) in [5.74, 6) is 1.71. The van der Waals surface area contributed by atoms with Crippen LogP contribution in [-0.2, 0) is 0 Å². The van der Waals surface area contributed by atoms with E-state index in [1.165, 1.54) is 0 Å². The summed E-state index contributed by atoms with van der Waals surface area (Å²) in [4.78, 5) is 4.68. The number of aliphatic imine (C=N–C) groups is 1. The number of hydrogen-bond acceptors (Lipinski definition) is 5. The Hall–Kier alpha value is -1.67. The Morgan fingerprint density at radius 3 is 2.89 bits per heavy atom. The van der Waals surface area contributed by atoms with Crippen molar-refractivity contribution in [1.82, 2.24) is 0 Å². The van der Waals surface area contributed by atoms with Crippen molar-refractivity contribution in [2.45, 2.75) is 25.8 Å².